The van der Waals surface area contributed by atoms with Crippen molar-refractivity contribution in [3.63, 3.8) is 0 Å². The van der Waals surface area contributed by atoms with Crippen molar-refractivity contribution in [1.82, 2.24) is 4.98 Å². The highest BCUT2D eigenvalue weighted by molar-refractivity contribution is 14.1. The minimum atomic E-state index is -5.05. The second-order valence-corrected chi connectivity index (χ2v) is 4.58. The van der Waals surface area contributed by atoms with Gasteiger partial charge in [-0.15, -0.1) is 13.2 Å². The molecular formula is C10H7F5INO3. The van der Waals surface area contributed by atoms with E-state index >= 15 is 0 Å². The molecule has 0 fully saturated rings. The van der Waals surface area contributed by atoms with Crippen LogP contribution in [-0.2, 0) is 16.0 Å². The SMILES string of the molecule is COC(=O)Cc1cc(I)c(OC(F)(F)F)nc1C(F)F. The van der Waals surface area contributed by atoms with Gasteiger partial charge in [-0.1, -0.05) is 0 Å². The summed E-state index contributed by atoms with van der Waals surface area (Å²) < 4.78 is 69.5. The molecule has 0 aliphatic carbocycles. The lowest BCUT2D eigenvalue weighted by Crippen LogP contribution is -2.20. The maximum atomic E-state index is 12.8. The van der Waals surface area contributed by atoms with Crippen molar-refractivity contribution >= 4 is 28.6 Å². The Morgan fingerprint density at radius 1 is 1.45 bits per heavy atom. The molecule has 0 amide bonds. The third-order valence-electron chi connectivity index (χ3n) is 2.04. The lowest BCUT2D eigenvalue weighted by Gasteiger charge is -2.13. The number of methoxy groups -OCH3 is 1. The second kappa shape index (κ2) is 6.50. The predicted octanol–water partition coefficient (Wildman–Crippen LogP) is 3.24. The first-order valence-corrected chi connectivity index (χ1v) is 6.02. The van der Waals surface area contributed by atoms with E-state index in [4.69, 9.17) is 0 Å². The first kappa shape index (κ1) is 16.9. The molecule has 0 N–H and O–H groups in total. The fourth-order valence-electron chi connectivity index (χ4n) is 1.26. The molecule has 1 aromatic heterocycles. The van der Waals surface area contributed by atoms with Crippen molar-refractivity contribution in [2.24, 2.45) is 0 Å². The molecule has 112 valence electrons. The average Bonchev–Trinajstić information content (AvgIpc) is 2.30. The Morgan fingerprint density at radius 2 is 2.05 bits per heavy atom. The van der Waals surface area contributed by atoms with E-state index in [1.807, 2.05) is 0 Å². The summed E-state index contributed by atoms with van der Waals surface area (Å²) in [6.45, 7) is 0. The Kier molecular flexibility index (Phi) is 5.48. The van der Waals surface area contributed by atoms with E-state index in [1.165, 1.54) is 22.6 Å². The Morgan fingerprint density at radius 3 is 2.50 bits per heavy atom. The Hall–Kier alpha value is -1.20. The predicted molar refractivity (Wildman–Crippen MR) is 64.3 cm³/mol. The molecule has 1 rings (SSSR count). The number of carbonyl (C=O) groups excluding carboxylic acids is 1. The third kappa shape index (κ3) is 4.72. The number of aromatic nitrogens is 1. The van der Waals surface area contributed by atoms with Gasteiger partial charge in [0.2, 0.25) is 5.88 Å². The van der Waals surface area contributed by atoms with Gasteiger partial charge in [-0.2, -0.15) is 0 Å². The van der Waals surface area contributed by atoms with Gasteiger partial charge in [0, 0.05) is 0 Å². The van der Waals surface area contributed by atoms with Crippen LogP contribution in [0.2, 0.25) is 0 Å². The topological polar surface area (TPSA) is 48.4 Å². The molecule has 0 saturated carbocycles. The van der Waals surface area contributed by atoms with E-state index in [-0.39, 0.29) is 9.13 Å². The minimum absolute atomic E-state index is 0.150. The summed E-state index contributed by atoms with van der Waals surface area (Å²) in [6.07, 6.45) is -8.72. The standard InChI is InChI=1S/C10H7F5INO3/c1-19-6(18)3-4-2-5(16)9(20-10(13,14)15)17-7(4)8(11)12/h2,8H,3H2,1H3. The average molecular weight is 411 g/mol. The zero-order valence-corrected chi connectivity index (χ0v) is 12.0. The molecule has 1 aromatic rings. The van der Waals surface area contributed by atoms with Gasteiger partial charge in [-0.25, -0.2) is 13.8 Å². The molecule has 0 aliphatic heterocycles. The van der Waals surface area contributed by atoms with Crippen LogP contribution in [0.3, 0.4) is 0 Å². The number of alkyl halides is 5. The smallest absolute Gasteiger partial charge is 0.469 e. The molecule has 0 spiro atoms. The summed E-state index contributed by atoms with van der Waals surface area (Å²) in [5.41, 5.74) is -1.17. The quantitative estimate of drug-likeness (QED) is 0.434. The maximum absolute atomic E-state index is 12.8. The molecule has 0 atom stereocenters. The number of ether oxygens (including phenoxy) is 2. The zero-order valence-electron chi connectivity index (χ0n) is 9.80. The number of rotatable bonds is 4. The molecule has 20 heavy (non-hydrogen) atoms. The molecule has 0 radical (unpaired) electrons. The van der Waals surface area contributed by atoms with Gasteiger partial charge in [0.05, 0.1) is 17.1 Å². The number of halogens is 6. The summed E-state index contributed by atoms with van der Waals surface area (Å²) >= 11 is 1.44. The summed E-state index contributed by atoms with van der Waals surface area (Å²) in [6, 6.07) is 0.979. The fourth-order valence-corrected chi connectivity index (χ4v) is 1.87. The van der Waals surface area contributed by atoms with E-state index in [1.54, 1.807) is 0 Å². The van der Waals surface area contributed by atoms with Crippen molar-refractivity contribution in [3.05, 3.63) is 20.9 Å². The third-order valence-corrected chi connectivity index (χ3v) is 2.81. The molecule has 0 unspecified atom stereocenters. The van der Waals surface area contributed by atoms with Crippen molar-refractivity contribution in [2.75, 3.05) is 7.11 Å². The van der Waals surface area contributed by atoms with Gasteiger partial charge < -0.3 is 9.47 Å². The maximum Gasteiger partial charge on any atom is 0.574 e. The minimum Gasteiger partial charge on any atom is -0.469 e. The summed E-state index contributed by atoms with van der Waals surface area (Å²) in [5, 5.41) is 0. The number of hydrogen-bond acceptors (Lipinski definition) is 4. The molecule has 0 aliphatic rings. The Bertz CT molecular complexity index is 506. The molecule has 0 aromatic carbocycles. The number of pyridine rings is 1. The summed E-state index contributed by atoms with van der Waals surface area (Å²) in [5.74, 6) is -1.80. The lowest BCUT2D eigenvalue weighted by molar-refractivity contribution is -0.276. The molecule has 10 heteroatoms. The number of hydrogen-bond donors (Lipinski definition) is 0. The van der Waals surface area contributed by atoms with Crippen LogP contribution < -0.4 is 4.74 Å². The molecule has 0 saturated heterocycles. The first-order chi connectivity index (χ1) is 9.14. The van der Waals surface area contributed by atoms with Crippen molar-refractivity contribution < 1.29 is 36.2 Å². The van der Waals surface area contributed by atoms with Gasteiger partial charge in [0.15, 0.2) is 0 Å². The van der Waals surface area contributed by atoms with Crippen molar-refractivity contribution in [2.45, 2.75) is 19.2 Å². The number of nitrogens with zero attached hydrogens (tertiary/aromatic N) is 1. The van der Waals surface area contributed by atoms with Crippen LogP contribution in [0, 0.1) is 3.57 Å². The van der Waals surface area contributed by atoms with E-state index < -0.39 is 36.8 Å². The number of esters is 1. The van der Waals surface area contributed by atoms with Crippen LogP contribution in [0.15, 0.2) is 6.07 Å². The van der Waals surface area contributed by atoms with Gasteiger partial charge in [-0.05, 0) is 34.2 Å². The van der Waals surface area contributed by atoms with Crippen LogP contribution in [0.5, 0.6) is 5.88 Å². The van der Waals surface area contributed by atoms with Gasteiger partial charge in [0.1, 0.15) is 5.69 Å². The normalized spacial score (nSPS) is 11.6. The highest BCUT2D eigenvalue weighted by Crippen LogP contribution is 2.31. The van der Waals surface area contributed by atoms with Gasteiger partial charge in [0.25, 0.3) is 6.43 Å². The molecular weight excluding hydrogens is 404 g/mol. The molecule has 0 bridgehead atoms. The molecule has 1 heterocycles. The van der Waals surface area contributed by atoms with E-state index in [0.717, 1.165) is 13.2 Å². The van der Waals surface area contributed by atoms with E-state index in [2.05, 4.69) is 14.5 Å². The van der Waals surface area contributed by atoms with Crippen molar-refractivity contribution in [1.29, 1.82) is 0 Å². The second-order valence-electron chi connectivity index (χ2n) is 3.42. The highest BCUT2D eigenvalue weighted by atomic mass is 127. The summed E-state index contributed by atoms with van der Waals surface area (Å²) in [7, 11) is 1.06. The Labute approximate surface area is 123 Å². The first-order valence-electron chi connectivity index (χ1n) is 4.94. The fraction of sp³-hybridized carbons (Fsp3) is 0.400. The van der Waals surface area contributed by atoms with Crippen LogP contribution in [-0.4, -0.2) is 24.4 Å². The molecule has 4 nitrogen and oxygen atoms in total. The van der Waals surface area contributed by atoms with Crippen molar-refractivity contribution in [3.8, 4) is 5.88 Å². The van der Waals surface area contributed by atoms with E-state index in [0.29, 0.717) is 0 Å². The number of carbonyl (C=O) groups is 1. The van der Waals surface area contributed by atoms with Crippen LogP contribution in [0.1, 0.15) is 17.7 Å². The summed E-state index contributed by atoms with van der Waals surface area (Å²) in [4.78, 5) is 14.2. The zero-order chi connectivity index (χ0) is 15.5. The lowest BCUT2D eigenvalue weighted by atomic mass is 10.1. The highest BCUT2D eigenvalue weighted by Gasteiger charge is 2.34. The van der Waals surface area contributed by atoms with Crippen LogP contribution in [0.4, 0.5) is 22.0 Å². The largest absolute Gasteiger partial charge is 0.574 e. The van der Waals surface area contributed by atoms with Crippen LogP contribution >= 0.6 is 22.6 Å². The van der Waals surface area contributed by atoms with Gasteiger partial charge in [-0.3, -0.25) is 4.79 Å². The van der Waals surface area contributed by atoms with Crippen LogP contribution in [0.25, 0.3) is 0 Å². The van der Waals surface area contributed by atoms with E-state index in [9.17, 15) is 26.7 Å². The monoisotopic (exact) mass is 411 g/mol. The van der Waals surface area contributed by atoms with Gasteiger partial charge >= 0.3 is 12.3 Å². The Balaban J connectivity index is 3.21.